The van der Waals surface area contributed by atoms with E-state index < -0.39 is 17.7 Å². The number of carbonyl (C=O) groups excluding carboxylic acids is 2. The number of rotatable bonds is 9. The quantitative estimate of drug-likeness (QED) is 0.308. The number of aliphatic hydroxyl groups excluding tert-OH is 1. The van der Waals surface area contributed by atoms with Crippen LogP contribution in [0.5, 0.6) is 11.5 Å². The van der Waals surface area contributed by atoms with Crippen LogP contribution in [0.4, 0.5) is 0 Å². The number of hydrogen-bond donors (Lipinski definition) is 1. The van der Waals surface area contributed by atoms with E-state index in [0.717, 1.165) is 19.5 Å². The molecule has 2 fully saturated rings. The van der Waals surface area contributed by atoms with Gasteiger partial charge in [0.15, 0.2) is 11.5 Å². The van der Waals surface area contributed by atoms with E-state index in [2.05, 4.69) is 4.90 Å². The first-order valence-electron chi connectivity index (χ1n) is 12.1. The minimum atomic E-state index is -0.782. The van der Waals surface area contributed by atoms with E-state index in [-0.39, 0.29) is 11.3 Å². The molecule has 4 rings (SSSR count). The van der Waals surface area contributed by atoms with Gasteiger partial charge in [0.2, 0.25) is 0 Å². The zero-order valence-electron chi connectivity index (χ0n) is 20.5. The Morgan fingerprint density at radius 2 is 1.81 bits per heavy atom. The Bertz CT molecular complexity index is 1130. The smallest absolute Gasteiger partial charge is 0.295 e. The number of ether oxygens (including phenoxy) is 3. The summed E-state index contributed by atoms with van der Waals surface area (Å²) in [5.41, 5.74) is 1.09. The normalized spacial score (nSPS) is 20.1. The van der Waals surface area contributed by atoms with Crippen molar-refractivity contribution in [2.45, 2.75) is 19.4 Å². The summed E-state index contributed by atoms with van der Waals surface area (Å²) in [5.74, 6) is -0.541. The van der Waals surface area contributed by atoms with E-state index in [1.165, 1.54) is 4.90 Å². The van der Waals surface area contributed by atoms with Crippen molar-refractivity contribution >= 4 is 29.1 Å². The highest BCUT2D eigenvalue weighted by molar-refractivity contribution is 6.46. The molecule has 192 valence electrons. The lowest BCUT2D eigenvalue weighted by atomic mass is 9.95. The molecule has 0 saturated carbocycles. The number of halogens is 1. The van der Waals surface area contributed by atoms with E-state index >= 15 is 0 Å². The Labute approximate surface area is 216 Å². The lowest BCUT2D eigenvalue weighted by molar-refractivity contribution is -0.140. The molecule has 2 aromatic carbocycles. The molecule has 0 radical (unpaired) electrons. The van der Waals surface area contributed by atoms with E-state index in [0.29, 0.717) is 60.6 Å². The van der Waals surface area contributed by atoms with Gasteiger partial charge in [-0.15, -0.1) is 0 Å². The third-order valence-electron chi connectivity index (χ3n) is 6.38. The summed E-state index contributed by atoms with van der Waals surface area (Å²) in [5, 5.41) is 11.7. The predicted octanol–water partition coefficient (Wildman–Crippen LogP) is 3.89. The van der Waals surface area contributed by atoms with E-state index in [4.69, 9.17) is 25.8 Å². The van der Waals surface area contributed by atoms with Crippen molar-refractivity contribution in [1.29, 1.82) is 0 Å². The summed E-state index contributed by atoms with van der Waals surface area (Å²) in [6.07, 6.45) is 0.841. The lowest BCUT2D eigenvalue weighted by Gasteiger charge is -2.31. The predicted molar refractivity (Wildman–Crippen MR) is 137 cm³/mol. The molecule has 0 aromatic heterocycles. The largest absolute Gasteiger partial charge is 0.507 e. The second-order valence-corrected chi connectivity index (χ2v) is 9.15. The van der Waals surface area contributed by atoms with Gasteiger partial charge in [-0.1, -0.05) is 24.6 Å². The highest BCUT2D eigenvalue weighted by atomic mass is 35.5. The molecule has 36 heavy (non-hydrogen) atoms. The standard InChI is InChI=1S/C27H31ClN2O6/c1-3-14-36-21-9-6-19(17-22(21)34-2)24-23(25(31)18-4-7-20(28)8-5-18)26(32)27(33)30(24)11-10-29-12-15-35-16-13-29/h4-9,17,24,31H,3,10-16H2,1-2H3/b25-23+/t24-/m1/s1. The maximum atomic E-state index is 13.3. The third-order valence-corrected chi connectivity index (χ3v) is 6.64. The number of morpholine rings is 1. The van der Waals surface area contributed by atoms with Crippen LogP contribution in [0.3, 0.4) is 0 Å². The second-order valence-electron chi connectivity index (χ2n) is 8.71. The maximum Gasteiger partial charge on any atom is 0.295 e. The molecule has 0 spiro atoms. The summed E-state index contributed by atoms with van der Waals surface area (Å²) in [4.78, 5) is 30.2. The van der Waals surface area contributed by atoms with Crippen LogP contribution in [0.2, 0.25) is 5.02 Å². The van der Waals surface area contributed by atoms with Crippen molar-refractivity contribution in [3.05, 3.63) is 64.2 Å². The average molecular weight is 515 g/mol. The highest BCUT2D eigenvalue weighted by Gasteiger charge is 2.46. The van der Waals surface area contributed by atoms with Crippen LogP contribution in [0, 0.1) is 0 Å². The number of amides is 1. The fraction of sp³-hybridized carbons (Fsp3) is 0.407. The number of benzene rings is 2. The second kappa shape index (κ2) is 11.8. The van der Waals surface area contributed by atoms with Gasteiger partial charge in [-0.3, -0.25) is 14.5 Å². The molecule has 1 atom stereocenters. The van der Waals surface area contributed by atoms with Crippen molar-refractivity contribution in [3.63, 3.8) is 0 Å². The van der Waals surface area contributed by atoms with Crippen molar-refractivity contribution in [2.24, 2.45) is 0 Å². The molecule has 1 N–H and O–H groups in total. The molecule has 2 heterocycles. The molecule has 9 heteroatoms. The first-order chi connectivity index (χ1) is 17.4. The van der Waals surface area contributed by atoms with Gasteiger partial charge in [-0.05, 0) is 48.4 Å². The number of likely N-dealkylation sites (tertiary alicyclic amines) is 1. The van der Waals surface area contributed by atoms with Gasteiger partial charge in [-0.25, -0.2) is 0 Å². The topological polar surface area (TPSA) is 88.5 Å². The van der Waals surface area contributed by atoms with Gasteiger partial charge in [0, 0.05) is 36.8 Å². The minimum absolute atomic E-state index is 0.0357. The summed E-state index contributed by atoms with van der Waals surface area (Å²) < 4.78 is 16.8. The van der Waals surface area contributed by atoms with Crippen LogP contribution in [0.15, 0.2) is 48.0 Å². The van der Waals surface area contributed by atoms with Gasteiger partial charge < -0.3 is 24.2 Å². The molecule has 0 aliphatic carbocycles. The molecule has 0 bridgehead atoms. The Hall–Kier alpha value is -3.07. The molecule has 1 amide bonds. The molecule has 2 saturated heterocycles. The number of aliphatic hydroxyl groups is 1. The Morgan fingerprint density at radius 3 is 2.47 bits per heavy atom. The van der Waals surface area contributed by atoms with Crippen molar-refractivity contribution < 1.29 is 28.9 Å². The number of ketones is 1. The molecular formula is C27H31ClN2O6. The maximum absolute atomic E-state index is 13.3. The van der Waals surface area contributed by atoms with E-state index in [1.807, 2.05) is 6.92 Å². The van der Waals surface area contributed by atoms with Gasteiger partial charge in [0.25, 0.3) is 11.7 Å². The number of Topliss-reactive ketones (excluding diaryl/α,β-unsaturated/α-hetero) is 1. The zero-order valence-corrected chi connectivity index (χ0v) is 21.3. The van der Waals surface area contributed by atoms with Crippen LogP contribution < -0.4 is 9.47 Å². The summed E-state index contributed by atoms with van der Waals surface area (Å²) in [7, 11) is 1.54. The van der Waals surface area contributed by atoms with Crippen molar-refractivity contribution in [3.8, 4) is 11.5 Å². The average Bonchev–Trinajstić information content (AvgIpc) is 3.16. The van der Waals surface area contributed by atoms with Crippen molar-refractivity contribution in [2.75, 3.05) is 53.1 Å². The fourth-order valence-corrected chi connectivity index (χ4v) is 4.61. The van der Waals surface area contributed by atoms with Crippen molar-refractivity contribution in [1.82, 2.24) is 9.80 Å². The fourth-order valence-electron chi connectivity index (χ4n) is 4.48. The van der Waals surface area contributed by atoms with Crippen LogP contribution in [-0.4, -0.2) is 79.7 Å². The Morgan fingerprint density at radius 1 is 1.08 bits per heavy atom. The molecule has 0 unspecified atom stereocenters. The minimum Gasteiger partial charge on any atom is -0.507 e. The van der Waals surface area contributed by atoms with Gasteiger partial charge in [-0.2, -0.15) is 0 Å². The van der Waals surface area contributed by atoms with Gasteiger partial charge >= 0.3 is 0 Å². The number of carbonyl (C=O) groups is 2. The van der Waals surface area contributed by atoms with E-state index in [9.17, 15) is 14.7 Å². The van der Waals surface area contributed by atoms with Gasteiger partial charge in [0.05, 0.1) is 38.5 Å². The van der Waals surface area contributed by atoms with Crippen LogP contribution in [-0.2, 0) is 14.3 Å². The summed E-state index contributed by atoms with van der Waals surface area (Å²) >= 11 is 6.01. The van der Waals surface area contributed by atoms with Crippen LogP contribution in [0.1, 0.15) is 30.5 Å². The first-order valence-corrected chi connectivity index (χ1v) is 12.5. The lowest BCUT2D eigenvalue weighted by Crippen LogP contribution is -2.42. The molecule has 2 aromatic rings. The highest BCUT2D eigenvalue weighted by Crippen LogP contribution is 2.42. The summed E-state index contributed by atoms with van der Waals surface area (Å²) in [6.45, 7) is 6.24. The molecule has 8 nitrogen and oxygen atoms in total. The molecule has 2 aliphatic rings. The third kappa shape index (κ3) is 5.51. The molecule has 2 aliphatic heterocycles. The monoisotopic (exact) mass is 514 g/mol. The van der Waals surface area contributed by atoms with Crippen LogP contribution >= 0.6 is 11.6 Å². The summed E-state index contributed by atoms with van der Waals surface area (Å²) in [6, 6.07) is 11.1. The van der Waals surface area contributed by atoms with Gasteiger partial charge in [0.1, 0.15) is 5.76 Å². The molecular weight excluding hydrogens is 484 g/mol. The Kier molecular flexibility index (Phi) is 8.51. The van der Waals surface area contributed by atoms with E-state index in [1.54, 1.807) is 49.6 Å². The Balaban J connectivity index is 1.75. The SMILES string of the molecule is CCCOc1ccc([C@@H]2/C(=C(\O)c3ccc(Cl)cc3)C(=O)C(=O)N2CCN2CCOCC2)cc1OC. The number of hydrogen-bond acceptors (Lipinski definition) is 7. The number of methoxy groups -OCH3 is 1. The number of nitrogens with zero attached hydrogens (tertiary/aromatic N) is 2. The van der Waals surface area contributed by atoms with Crippen LogP contribution in [0.25, 0.3) is 5.76 Å². The zero-order chi connectivity index (χ0) is 25.7. The first kappa shape index (κ1) is 26.0.